The summed E-state index contributed by atoms with van der Waals surface area (Å²) in [5, 5.41) is 6.93. The third-order valence-corrected chi connectivity index (χ3v) is 4.33. The first-order chi connectivity index (χ1) is 11.7. The molecule has 3 heterocycles. The molecule has 0 aromatic carbocycles. The lowest BCUT2D eigenvalue weighted by Crippen LogP contribution is -2.44. The Morgan fingerprint density at radius 2 is 2.25 bits per heavy atom. The predicted molar refractivity (Wildman–Crippen MR) is 87.5 cm³/mol. The van der Waals surface area contributed by atoms with Crippen molar-refractivity contribution in [2.24, 2.45) is 7.05 Å². The third kappa shape index (κ3) is 3.59. The maximum atomic E-state index is 12.0. The summed E-state index contributed by atoms with van der Waals surface area (Å²) < 4.78 is 12.3. The van der Waals surface area contributed by atoms with E-state index in [1.54, 1.807) is 7.11 Å². The Bertz CT molecular complexity index is 673. The SMILES string of the molecule is COCCNC(=O)N1CCC(c2nc(-c3cccn3C)no2)CC1. The molecule has 3 rings (SSSR count). The maximum absolute atomic E-state index is 12.0. The number of aryl methyl sites for hydroxylation is 1. The van der Waals surface area contributed by atoms with E-state index < -0.39 is 0 Å². The number of amides is 2. The third-order valence-electron chi connectivity index (χ3n) is 4.33. The Morgan fingerprint density at radius 1 is 1.46 bits per heavy atom. The number of nitrogens with zero attached hydrogens (tertiary/aromatic N) is 4. The van der Waals surface area contributed by atoms with Crippen molar-refractivity contribution in [2.75, 3.05) is 33.4 Å². The standard InChI is InChI=1S/C16H23N5O3/c1-20-8-3-4-13(20)14-18-15(24-19-14)12-5-9-21(10-6-12)16(22)17-7-11-23-2/h3-4,8,12H,5-7,9-11H2,1-2H3,(H,17,22). The van der Waals surface area contributed by atoms with Crippen LogP contribution < -0.4 is 5.32 Å². The fourth-order valence-electron chi connectivity index (χ4n) is 2.90. The molecule has 2 amide bonds. The zero-order chi connectivity index (χ0) is 16.9. The number of urea groups is 1. The normalized spacial score (nSPS) is 15.7. The first-order valence-electron chi connectivity index (χ1n) is 8.16. The van der Waals surface area contributed by atoms with Crippen molar-refractivity contribution < 1.29 is 14.1 Å². The van der Waals surface area contributed by atoms with Crippen LogP contribution in [0.15, 0.2) is 22.9 Å². The molecule has 1 fully saturated rings. The van der Waals surface area contributed by atoms with Gasteiger partial charge < -0.3 is 24.0 Å². The van der Waals surface area contributed by atoms with Crippen LogP contribution in [0.1, 0.15) is 24.7 Å². The summed E-state index contributed by atoms with van der Waals surface area (Å²) in [5.41, 5.74) is 0.931. The van der Waals surface area contributed by atoms with E-state index in [9.17, 15) is 4.79 Å². The highest BCUT2D eigenvalue weighted by molar-refractivity contribution is 5.74. The lowest BCUT2D eigenvalue weighted by molar-refractivity contribution is 0.165. The Morgan fingerprint density at radius 3 is 2.92 bits per heavy atom. The fraction of sp³-hybridized carbons (Fsp3) is 0.562. The van der Waals surface area contributed by atoms with Crippen LogP contribution >= 0.6 is 0 Å². The lowest BCUT2D eigenvalue weighted by atomic mass is 9.97. The molecule has 8 heteroatoms. The molecule has 0 atom stereocenters. The second kappa shape index (κ2) is 7.48. The Kier molecular flexibility index (Phi) is 5.14. The Balaban J connectivity index is 1.55. The van der Waals surface area contributed by atoms with Crippen molar-refractivity contribution in [3.63, 3.8) is 0 Å². The smallest absolute Gasteiger partial charge is 0.317 e. The van der Waals surface area contributed by atoms with Crippen molar-refractivity contribution in [3.8, 4) is 11.5 Å². The molecule has 0 spiro atoms. The Labute approximate surface area is 140 Å². The summed E-state index contributed by atoms with van der Waals surface area (Å²) in [5.74, 6) is 1.47. The van der Waals surface area contributed by atoms with Crippen LogP contribution in [0.3, 0.4) is 0 Å². The second-order valence-electron chi connectivity index (χ2n) is 5.95. The van der Waals surface area contributed by atoms with E-state index in [2.05, 4.69) is 15.5 Å². The summed E-state index contributed by atoms with van der Waals surface area (Å²) in [6.07, 6.45) is 3.60. The number of carbonyl (C=O) groups excluding carboxylic acids is 1. The highest BCUT2D eigenvalue weighted by Gasteiger charge is 2.27. The minimum absolute atomic E-state index is 0.0412. The van der Waals surface area contributed by atoms with E-state index in [4.69, 9.17) is 9.26 Å². The van der Waals surface area contributed by atoms with Gasteiger partial charge in [-0.25, -0.2) is 4.79 Å². The van der Waals surface area contributed by atoms with E-state index >= 15 is 0 Å². The van der Waals surface area contributed by atoms with Gasteiger partial charge in [-0.3, -0.25) is 0 Å². The number of hydrogen-bond donors (Lipinski definition) is 1. The molecule has 1 N–H and O–H groups in total. The van der Waals surface area contributed by atoms with Gasteiger partial charge in [-0.1, -0.05) is 5.16 Å². The number of methoxy groups -OCH3 is 1. The van der Waals surface area contributed by atoms with Crippen LogP contribution in [0.4, 0.5) is 4.79 Å². The molecule has 0 bridgehead atoms. The maximum Gasteiger partial charge on any atom is 0.317 e. The van der Waals surface area contributed by atoms with Crippen LogP contribution in [0.5, 0.6) is 0 Å². The molecule has 0 aliphatic carbocycles. The molecule has 8 nitrogen and oxygen atoms in total. The molecule has 0 saturated carbocycles. The number of hydrogen-bond acceptors (Lipinski definition) is 5. The number of carbonyl (C=O) groups is 1. The zero-order valence-corrected chi connectivity index (χ0v) is 14.1. The number of aromatic nitrogens is 3. The summed E-state index contributed by atoms with van der Waals surface area (Å²) in [7, 11) is 3.57. The number of nitrogens with one attached hydrogen (secondary N) is 1. The lowest BCUT2D eigenvalue weighted by Gasteiger charge is -2.30. The number of likely N-dealkylation sites (tertiary alicyclic amines) is 1. The minimum Gasteiger partial charge on any atom is -0.383 e. The van der Waals surface area contributed by atoms with Crippen molar-refractivity contribution in [2.45, 2.75) is 18.8 Å². The van der Waals surface area contributed by atoms with E-state index in [1.165, 1.54) is 0 Å². The van der Waals surface area contributed by atoms with E-state index in [1.807, 2.05) is 34.8 Å². The molecular formula is C16H23N5O3. The van der Waals surface area contributed by atoms with Gasteiger partial charge in [0.1, 0.15) is 0 Å². The fourth-order valence-corrected chi connectivity index (χ4v) is 2.90. The molecule has 1 aliphatic rings. The Hall–Kier alpha value is -2.35. The first-order valence-corrected chi connectivity index (χ1v) is 8.16. The quantitative estimate of drug-likeness (QED) is 0.840. The monoisotopic (exact) mass is 333 g/mol. The van der Waals surface area contributed by atoms with Gasteiger partial charge in [0.25, 0.3) is 0 Å². The number of ether oxygens (including phenoxy) is 1. The van der Waals surface area contributed by atoms with Crippen molar-refractivity contribution in [1.82, 2.24) is 24.9 Å². The predicted octanol–water partition coefficient (Wildman–Crippen LogP) is 1.61. The molecule has 1 aliphatic heterocycles. The van der Waals surface area contributed by atoms with Crippen LogP contribution in [-0.4, -0.2) is 59.0 Å². The topological polar surface area (TPSA) is 85.4 Å². The average molecular weight is 333 g/mol. The van der Waals surface area contributed by atoms with Gasteiger partial charge in [0.2, 0.25) is 11.7 Å². The number of rotatable bonds is 5. The molecule has 0 radical (unpaired) electrons. The molecule has 0 unspecified atom stereocenters. The van der Waals surface area contributed by atoms with Gasteiger partial charge >= 0.3 is 6.03 Å². The molecule has 130 valence electrons. The van der Waals surface area contributed by atoms with Gasteiger partial charge in [0.05, 0.1) is 12.3 Å². The summed E-state index contributed by atoms with van der Waals surface area (Å²) in [6, 6.07) is 3.87. The summed E-state index contributed by atoms with van der Waals surface area (Å²) in [4.78, 5) is 18.4. The molecule has 2 aromatic rings. The van der Waals surface area contributed by atoms with Crippen LogP contribution in [0.25, 0.3) is 11.5 Å². The van der Waals surface area contributed by atoms with Crippen LogP contribution in [-0.2, 0) is 11.8 Å². The largest absolute Gasteiger partial charge is 0.383 e. The first kappa shape index (κ1) is 16.5. The summed E-state index contributed by atoms with van der Waals surface area (Å²) in [6.45, 7) is 2.42. The van der Waals surface area contributed by atoms with Crippen LogP contribution in [0, 0.1) is 0 Å². The molecule has 24 heavy (non-hydrogen) atoms. The van der Waals surface area contributed by atoms with Crippen molar-refractivity contribution in [3.05, 3.63) is 24.2 Å². The van der Waals surface area contributed by atoms with Gasteiger partial charge in [-0.05, 0) is 25.0 Å². The number of piperidine rings is 1. The van der Waals surface area contributed by atoms with Gasteiger partial charge in [-0.15, -0.1) is 0 Å². The highest BCUT2D eigenvalue weighted by atomic mass is 16.5. The average Bonchev–Trinajstić information content (AvgIpc) is 3.24. The van der Waals surface area contributed by atoms with E-state index in [0.29, 0.717) is 38.0 Å². The molecule has 2 aromatic heterocycles. The van der Waals surface area contributed by atoms with Crippen LogP contribution in [0.2, 0.25) is 0 Å². The minimum atomic E-state index is -0.0412. The second-order valence-corrected chi connectivity index (χ2v) is 5.95. The van der Waals surface area contributed by atoms with E-state index in [0.717, 1.165) is 18.5 Å². The molecular weight excluding hydrogens is 310 g/mol. The van der Waals surface area contributed by atoms with E-state index in [-0.39, 0.29) is 11.9 Å². The summed E-state index contributed by atoms with van der Waals surface area (Å²) >= 11 is 0. The zero-order valence-electron chi connectivity index (χ0n) is 14.1. The van der Waals surface area contributed by atoms with Crippen molar-refractivity contribution >= 4 is 6.03 Å². The highest BCUT2D eigenvalue weighted by Crippen LogP contribution is 2.28. The molecule has 1 saturated heterocycles. The van der Waals surface area contributed by atoms with Gasteiger partial charge in [0, 0.05) is 45.9 Å². The van der Waals surface area contributed by atoms with Crippen molar-refractivity contribution in [1.29, 1.82) is 0 Å². The van der Waals surface area contributed by atoms with Gasteiger partial charge in [-0.2, -0.15) is 4.98 Å². The van der Waals surface area contributed by atoms with Gasteiger partial charge in [0.15, 0.2) is 0 Å².